The minimum absolute atomic E-state index is 0.00634. The van der Waals surface area contributed by atoms with Crippen LogP contribution in [0, 0.1) is 0 Å². The van der Waals surface area contributed by atoms with Gasteiger partial charge in [-0.05, 0) is 19.8 Å². The zero-order valence-corrected chi connectivity index (χ0v) is 12.1. The van der Waals surface area contributed by atoms with Gasteiger partial charge in [0.05, 0.1) is 0 Å². The molecule has 0 aliphatic rings. The van der Waals surface area contributed by atoms with E-state index < -0.39 is 10.2 Å². The standard InChI is InChI=1S/C9H21BrN2O2S/c1-4-12(5-2)15(13,14)11-9(3)7-6-8-10/h9,11H,4-8H2,1-3H3. The van der Waals surface area contributed by atoms with Gasteiger partial charge in [0.25, 0.3) is 10.2 Å². The zero-order valence-electron chi connectivity index (χ0n) is 9.66. The molecule has 0 aromatic rings. The van der Waals surface area contributed by atoms with Crippen LogP contribution in [0.3, 0.4) is 0 Å². The molecule has 0 rings (SSSR count). The first kappa shape index (κ1) is 15.3. The van der Waals surface area contributed by atoms with E-state index in [9.17, 15) is 8.42 Å². The Morgan fingerprint density at radius 3 is 2.27 bits per heavy atom. The van der Waals surface area contributed by atoms with Crippen LogP contribution in [0.5, 0.6) is 0 Å². The number of hydrogen-bond donors (Lipinski definition) is 1. The molecule has 0 radical (unpaired) electrons. The number of nitrogens with one attached hydrogen (secondary N) is 1. The molecular weight excluding hydrogens is 280 g/mol. The van der Waals surface area contributed by atoms with E-state index in [2.05, 4.69) is 20.7 Å². The Bertz CT molecular complexity index is 253. The summed E-state index contributed by atoms with van der Waals surface area (Å²) < 4.78 is 27.6. The second-order valence-electron chi connectivity index (χ2n) is 3.44. The molecule has 4 nitrogen and oxygen atoms in total. The second kappa shape index (κ2) is 7.60. The van der Waals surface area contributed by atoms with Crippen LogP contribution in [0.15, 0.2) is 0 Å². The number of nitrogens with zero attached hydrogens (tertiary/aromatic N) is 1. The van der Waals surface area contributed by atoms with Gasteiger partial charge in [0.2, 0.25) is 0 Å². The Balaban J connectivity index is 4.24. The molecule has 0 amide bonds. The highest BCUT2D eigenvalue weighted by atomic mass is 79.9. The fourth-order valence-corrected chi connectivity index (χ4v) is 3.11. The Kier molecular flexibility index (Phi) is 7.77. The van der Waals surface area contributed by atoms with Gasteiger partial charge in [0.15, 0.2) is 0 Å². The first-order valence-corrected chi connectivity index (χ1v) is 7.87. The summed E-state index contributed by atoms with van der Waals surface area (Å²) in [6.07, 6.45) is 1.83. The summed E-state index contributed by atoms with van der Waals surface area (Å²) in [7, 11) is -3.28. The molecule has 0 fully saturated rings. The fraction of sp³-hybridized carbons (Fsp3) is 1.00. The van der Waals surface area contributed by atoms with E-state index >= 15 is 0 Å². The van der Waals surface area contributed by atoms with Crippen LogP contribution in [0.2, 0.25) is 0 Å². The third-order valence-corrected chi connectivity index (χ3v) is 4.62. The maximum absolute atomic E-state index is 11.8. The molecule has 1 N–H and O–H groups in total. The minimum atomic E-state index is -3.28. The van der Waals surface area contributed by atoms with Gasteiger partial charge in [0.1, 0.15) is 0 Å². The number of alkyl halides is 1. The molecule has 0 aromatic heterocycles. The quantitative estimate of drug-likeness (QED) is 0.694. The van der Waals surface area contributed by atoms with Gasteiger partial charge in [-0.15, -0.1) is 0 Å². The van der Waals surface area contributed by atoms with E-state index in [1.165, 1.54) is 4.31 Å². The summed E-state index contributed by atoms with van der Waals surface area (Å²) in [5, 5.41) is 0.907. The highest BCUT2D eigenvalue weighted by molar-refractivity contribution is 9.09. The van der Waals surface area contributed by atoms with Crippen LogP contribution in [-0.4, -0.2) is 37.2 Å². The van der Waals surface area contributed by atoms with Crippen molar-refractivity contribution in [3.05, 3.63) is 0 Å². The van der Waals surface area contributed by atoms with E-state index in [0.717, 1.165) is 18.2 Å². The molecule has 0 saturated heterocycles. The lowest BCUT2D eigenvalue weighted by atomic mass is 10.2. The maximum Gasteiger partial charge on any atom is 0.279 e. The molecule has 15 heavy (non-hydrogen) atoms. The predicted octanol–water partition coefficient (Wildman–Crippen LogP) is 1.73. The molecule has 0 heterocycles. The van der Waals surface area contributed by atoms with Crippen LogP contribution < -0.4 is 4.72 Å². The van der Waals surface area contributed by atoms with Crippen LogP contribution in [0.4, 0.5) is 0 Å². The van der Waals surface area contributed by atoms with Gasteiger partial charge in [-0.1, -0.05) is 29.8 Å². The summed E-state index contributed by atoms with van der Waals surface area (Å²) in [5.41, 5.74) is 0. The number of halogens is 1. The van der Waals surface area contributed by atoms with Crippen molar-refractivity contribution in [1.29, 1.82) is 0 Å². The zero-order chi connectivity index (χ0) is 11.9. The summed E-state index contributed by atoms with van der Waals surface area (Å²) in [6.45, 7) is 6.59. The Morgan fingerprint density at radius 2 is 1.87 bits per heavy atom. The van der Waals surface area contributed by atoms with Crippen molar-refractivity contribution in [2.24, 2.45) is 0 Å². The maximum atomic E-state index is 11.8. The van der Waals surface area contributed by atoms with Crippen molar-refractivity contribution in [2.75, 3.05) is 18.4 Å². The van der Waals surface area contributed by atoms with Crippen LogP contribution >= 0.6 is 15.9 Å². The number of rotatable bonds is 8. The lowest BCUT2D eigenvalue weighted by Gasteiger charge is -2.21. The summed E-state index contributed by atoms with van der Waals surface area (Å²) in [6, 6.07) is -0.00634. The van der Waals surface area contributed by atoms with Crippen molar-refractivity contribution < 1.29 is 8.42 Å². The summed E-state index contributed by atoms with van der Waals surface area (Å²) >= 11 is 3.33. The highest BCUT2D eigenvalue weighted by Gasteiger charge is 2.20. The molecule has 92 valence electrons. The monoisotopic (exact) mass is 300 g/mol. The molecular formula is C9H21BrN2O2S. The van der Waals surface area contributed by atoms with E-state index in [0.29, 0.717) is 13.1 Å². The minimum Gasteiger partial charge on any atom is -0.199 e. The molecule has 6 heteroatoms. The summed E-state index contributed by atoms with van der Waals surface area (Å²) in [4.78, 5) is 0. The van der Waals surface area contributed by atoms with Crippen molar-refractivity contribution in [3.8, 4) is 0 Å². The van der Waals surface area contributed by atoms with E-state index in [-0.39, 0.29) is 6.04 Å². The molecule has 0 aromatic carbocycles. The first-order chi connectivity index (χ1) is 6.97. The van der Waals surface area contributed by atoms with E-state index in [1.54, 1.807) is 0 Å². The second-order valence-corrected chi connectivity index (χ2v) is 5.93. The predicted molar refractivity (Wildman–Crippen MR) is 67.5 cm³/mol. The molecule has 1 unspecified atom stereocenters. The SMILES string of the molecule is CCN(CC)S(=O)(=O)NC(C)CCCBr. The van der Waals surface area contributed by atoms with Gasteiger partial charge >= 0.3 is 0 Å². The van der Waals surface area contributed by atoms with E-state index in [4.69, 9.17) is 0 Å². The lowest BCUT2D eigenvalue weighted by Crippen LogP contribution is -2.44. The van der Waals surface area contributed by atoms with Crippen LogP contribution in [-0.2, 0) is 10.2 Å². The van der Waals surface area contributed by atoms with Crippen molar-refractivity contribution in [1.82, 2.24) is 9.03 Å². The van der Waals surface area contributed by atoms with Crippen molar-refractivity contribution in [3.63, 3.8) is 0 Å². The topological polar surface area (TPSA) is 49.4 Å². The number of hydrogen-bond acceptors (Lipinski definition) is 2. The molecule has 0 aliphatic heterocycles. The largest absolute Gasteiger partial charge is 0.279 e. The lowest BCUT2D eigenvalue weighted by molar-refractivity contribution is 0.424. The van der Waals surface area contributed by atoms with Crippen molar-refractivity contribution >= 4 is 26.1 Å². The van der Waals surface area contributed by atoms with Crippen LogP contribution in [0.1, 0.15) is 33.6 Å². The Hall–Kier alpha value is 0.350. The van der Waals surface area contributed by atoms with Gasteiger partial charge in [-0.3, -0.25) is 0 Å². The van der Waals surface area contributed by atoms with Crippen molar-refractivity contribution in [2.45, 2.75) is 39.7 Å². The van der Waals surface area contributed by atoms with Gasteiger partial charge in [0, 0.05) is 24.5 Å². The van der Waals surface area contributed by atoms with Gasteiger partial charge in [-0.2, -0.15) is 17.4 Å². The van der Waals surface area contributed by atoms with Crippen LogP contribution in [0.25, 0.3) is 0 Å². The average Bonchev–Trinajstić information content (AvgIpc) is 2.15. The van der Waals surface area contributed by atoms with Gasteiger partial charge < -0.3 is 0 Å². The Labute approximate surface area is 102 Å². The summed E-state index contributed by atoms with van der Waals surface area (Å²) in [5.74, 6) is 0. The Morgan fingerprint density at radius 1 is 1.33 bits per heavy atom. The third-order valence-electron chi connectivity index (χ3n) is 2.17. The normalized spacial score (nSPS) is 14.5. The highest BCUT2D eigenvalue weighted by Crippen LogP contribution is 2.04. The molecule has 0 spiro atoms. The first-order valence-electron chi connectivity index (χ1n) is 5.31. The molecule has 0 aliphatic carbocycles. The molecule has 1 atom stereocenters. The average molecular weight is 301 g/mol. The van der Waals surface area contributed by atoms with E-state index in [1.807, 2.05) is 20.8 Å². The smallest absolute Gasteiger partial charge is 0.199 e. The van der Waals surface area contributed by atoms with Gasteiger partial charge in [-0.25, -0.2) is 0 Å². The third kappa shape index (κ3) is 5.85. The molecule has 0 bridgehead atoms. The molecule has 0 saturated carbocycles. The fourth-order valence-electron chi connectivity index (χ4n) is 1.33.